The lowest BCUT2D eigenvalue weighted by Gasteiger charge is -2.24. The van der Waals surface area contributed by atoms with E-state index in [2.05, 4.69) is 5.16 Å². The third kappa shape index (κ3) is 19.1. The van der Waals surface area contributed by atoms with E-state index in [1.807, 2.05) is 26.8 Å². The fraction of sp³-hybridized carbons (Fsp3) is 0.348. The lowest BCUT2D eigenvalue weighted by molar-refractivity contribution is -0.158. The van der Waals surface area contributed by atoms with Crippen molar-refractivity contribution in [1.82, 2.24) is 5.16 Å². The van der Waals surface area contributed by atoms with Crippen LogP contribution in [0.25, 0.3) is 0 Å². The van der Waals surface area contributed by atoms with Crippen LogP contribution in [0, 0.1) is 0 Å². The first-order valence-electron chi connectivity index (χ1n) is 18.9. The number of ether oxygens (including phenoxy) is 4. The average Bonchev–Trinajstić information content (AvgIpc) is 3.66. The van der Waals surface area contributed by atoms with Crippen LogP contribution in [0.15, 0.2) is 108 Å². The van der Waals surface area contributed by atoms with Crippen molar-refractivity contribution in [3.05, 3.63) is 135 Å². The number of hydrogen-bond acceptors (Lipinski definition) is 10. The van der Waals surface area contributed by atoms with Crippen molar-refractivity contribution in [2.24, 2.45) is 0 Å². The van der Waals surface area contributed by atoms with Crippen molar-refractivity contribution in [2.45, 2.75) is 97.9 Å². The van der Waals surface area contributed by atoms with Crippen LogP contribution in [0.5, 0.6) is 23.0 Å². The molecule has 1 heterocycles. The van der Waals surface area contributed by atoms with Crippen molar-refractivity contribution < 1.29 is 48.1 Å². The number of rotatable bonds is 12. The second-order valence-electron chi connectivity index (χ2n) is 15.7. The summed E-state index contributed by atoms with van der Waals surface area (Å²) in [7, 11) is 0. The van der Waals surface area contributed by atoms with Crippen molar-refractivity contribution in [1.29, 1.82) is 0 Å². The molecule has 4 aromatic carbocycles. The van der Waals surface area contributed by atoms with Gasteiger partial charge in [0.2, 0.25) is 0 Å². The highest BCUT2D eigenvalue weighted by molar-refractivity contribution is 6.31. The standard InChI is InChI=1S/C18H22ClNO3.C12H15ClO3.C10H11ClO3.C6H5ClO/c1-17(2,3)16-11-13(20-23-16)10-15(21)18(4,5)22-14-8-6-12(19)7-9-14;1-4-15-11(14)12(2,3)16-10-7-5-9(13)6-8-10;1-10(2,9(12)13)14-8-5-3-7(11)4-6-8;7-5-1-3-6(8)4-2-5/h6-9,11H,10H2,1-5H3;5-8H,4H2,1-3H3;3-6H,1-2H3,(H,12,13);1-4,8H. The molecule has 0 aliphatic rings. The summed E-state index contributed by atoms with van der Waals surface area (Å²) in [6.45, 7) is 18.0. The van der Waals surface area contributed by atoms with Crippen LogP contribution in [-0.4, -0.2) is 56.5 Å². The zero-order valence-corrected chi connectivity index (χ0v) is 38.9. The van der Waals surface area contributed by atoms with Crippen LogP contribution in [-0.2, 0) is 31.0 Å². The molecule has 15 heteroatoms. The number of esters is 1. The zero-order valence-electron chi connectivity index (χ0n) is 35.8. The number of ketones is 1. The average molecular weight is 922 g/mol. The third-order valence-corrected chi connectivity index (χ3v) is 8.99. The smallest absolute Gasteiger partial charge is 0.349 e. The third-order valence-electron chi connectivity index (χ3n) is 7.98. The largest absolute Gasteiger partial charge is 0.508 e. The Morgan fingerprint density at radius 3 is 1.28 bits per heavy atom. The summed E-state index contributed by atoms with van der Waals surface area (Å²) in [5.74, 6) is 1.22. The second-order valence-corrected chi connectivity index (χ2v) is 17.5. The number of halogens is 4. The number of aromatic hydroxyl groups is 1. The van der Waals surface area contributed by atoms with Crippen LogP contribution >= 0.6 is 46.4 Å². The van der Waals surface area contributed by atoms with E-state index < -0.39 is 22.8 Å². The molecule has 0 bridgehead atoms. The van der Waals surface area contributed by atoms with E-state index in [0.29, 0.717) is 49.6 Å². The minimum atomic E-state index is -1.23. The van der Waals surface area contributed by atoms with E-state index in [1.54, 1.807) is 132 Å². The number of carboxylic acid groups (broad SMARTS) is 1. The molecule has 11 nitrogen and oxygen atoms in total. The number of phenols is 1. The summed E-state index contributed by atoms with van der Waals surface area (Å²) in [4.78, 5) is 34.8. The molecule has 5 aromatic rings. The van der Waals surface area contributed by atoms with E-state index in [9.17, 15) is 14.4 Å². The minimum Gasteiger partial charge on any atom is -0.508 e. The number of carbonyl (C=O) groups excluding carboxylic acids is 2. The van der Waals surface area contributed by atoms with Gasteiger partial charge in [-0.2, -0.15) is 0 Å². The predicted molar refractivity (Wildman–Crippen MR) is 240 cm³/mol. The van der Waals surface area contributed by atoms with Gasteiger partial charge < -0.3 is 33.7 Å². The zero-order chi connectivity index (χ0) is 46.2. The molecule has 0 fully saturated rings. The van der Waals surface area contributed by atoms with Crippen LogP contribution < -0.4 is 14.2 Å². The second kappa shape index (κ2) is 23.3. The van der Waals surface area contributed by atoms with Crippen molar-refractivity contribution in [2.75, 3.05) is 6.61 Å². The summed E-state index contributed by atoms with van der Waals surface area (Å²) in [5, 5.41) is 24.0. The summed E-state index contributed by atoms with van der Waals surface area (Å²) in [6.07, 6.45) is 0.167. The first-order chi connectivity index (χ1) is 28.2. The number of carboxylic acids is 1. The van der Waals surface area contributed by atoms with E-state index in [0.717, 1.165) is 5.76 Å². The molecule has 0 spiro atoms. The Morgan fingerprint density at radius 2 is 0.951 bits per heavy atom. The van der Waals surface area contributed by atoms with Gasteiger partial charge in [0.1, 0.15) is 28.8 Å². The molecule has 61 heavy (non-hydrogen) atoms. The Bertz CT molecular complexity index is 2100. The van der Waals surface area contributed by atoms with E-state index in [-0.39, 0.29) is 29.3 Å². The molecule has 0 atom stereocenters. The number of hydrogen-bond donors (Lipinski definition) is 2. The Morgan fingerprint density at radius 1 is 0.590 bits per heavy atom. The molecule has 0 aliphatic heterocycles. The van der Waals surface area contributed by atoms with Gasteiger partial charge in [0.25, 0.3) is 0 Å². The molecule has 0 amide bonds. The Kier molecular flexibility index (Phi) is 20.0. The van der Waals surface area contributed by atoms with Gasteiger partial charge in [0, 0.05) is 31.6 Å². The van der Waals surface area contributed by atoms with Crippen molar-refractivity contribution >= 4 is 64.1 Å². The molecular formula is C46H53Cl4NO10. The van der Waals surface area contributed by atoms with Gasteiger partial charge in [0.05, 0.1) is 18.7 Å². The van der Waals surface area contributed by atoms with Gasteiger partial charge in [-0.3, -0.25) is 4.79 Å². The van der Waals surface area contributed by atoms with Gasteiger partial charge in [0.15, 0.2) is 22.6 Å². The maximum absolute atomic E-state index is 12.5. The van der Waals surface area contributed by atoms with E-state index in [4.69, 9.17) is 80.1 Å². The predicted octanol–water partition coefficient (Wildman–Crippen LogP) is 12.3. The highest BCUT2D eigenvalue weighted by Gasteiger charge is 2.33. The summed E-state index contributed by atoms with van der Waals surface area (Å²) in [6, 6.07) is 28.5. The van der Waals surface area contributed by atoms with Crippen LogP contribution in [0.4, 0.5) is 0 Å². The molecule has 5 rings (SSSR count). The molecule has 330 valence electrons. The van der Waals surface area contributed by atoms with Gasteiger partial charge in [-0.05, 0) is 146 Å². The fourth-order valence-electron chi connectivity index (χ4n) is 4.41. The highest BCUT2D eigenvalue weighted by Crippen LogP contribution is 2.26. The SMILES string of the molecule is CC(C)(Oc1ccc(Cl)cc1)C(=O)Cc1cc(C(C)(C)C)on1.CC(C)(Oc1ccc(Cl)cc1)C(=O)O.CCOC(=O)C(C)(C)Oc1ccc(Cl)cc1.Oc1ccc(Cl)cc1. The Balaban J connectivity index is 0.000000297. The number of aliphatic carboxylic acids is 1. The maximum Gasteiger partial charge on any atom is 0.349 e. The fourth-order valence-corrected chi connectivity index (χ4v) is 4.91. The van der Waals surface area contributed by atoms with Gasteiger partial charge in [-0.1, -0.05) is 72.3 Å². The number of phenolic OH excluding ortho intramolecular Hbond substituents is 1. The van der Waals surface area contributed by atoms with Crippen LogP contribution in [0.1, 0.15) is 80.7 Å². The van der Waals surface area contributed by atoms with Crippen LogP contribution in [0.3, 0.4) is 0 Å². The molecule has 0 unspecified atom stereocenters. The molecule has 0 saturated heterocycles. The van der Waals surface area contributed by atoms with Gasteiger partial charge in [-0.25, -0.2) is 9.59 Å². The molecule has 2 N–H and O–H groups in total. The van der Waals surface area contributed by atoms with Gasteiger partial charge >= 0.3 is 11.9 Å². The number of aromatic nitrogens is 1. The maximum atomic E-state index is 12.5. The first kappa shape index (κ1) is 52.2. The number of benzene rings is 4. The lowest BCUT2D eigenvalue weighted by Crippen LogP contribution is -2.39. The monoisotopic (exact) mass is 919 g/mol. The summed E-state index contributed by atoms with van der Waals surface area (Å²) >= 11 is 22.8. The number of nitrogens with zero attached hydrogens (tertiary/aromatic N) is 1. The number of carbonyl (C=O) groups is 3. The van der Waals surface area contributed by atoms with Crippen molar-refractivity contribution in [3.63, 3.8) is 0 Å². The minimum absolute atomic E-state index is 0.0683. The topological polar surface area (TPSA) is 155 Å². The molecule has 0 aliphatic carbocycles. The van der Waals surface area contributed by atoms with E-state index >= 15 is 0 Å². The van der Waals surface area contributed by atoms with Crippen molar-refractivity contribution in [3.8, 4) is 23.0 Å². The normalized spacial score (nSPS) is 11.2. The van der Waals surface area contributed by atoms with Gasteiger partial charge in [-0.15, -0.1) is 0 Å². The Hall–Kier alpha value is -4.94. The van der Waals surface area contributed by atoms with Crippen LogP contribution in [0.2, 0.25) is 20.1 Å². The number of Topliss-reactive ketones (excluding diaryl/α,β-unsaturated/α-hetero) is 1. The summed E-state index contributed by atoms with van der Waals surface area (Å²) in [5.41, 5.74) is -2.71. The lowest BCUT2D eigenvalue weighted by atomic mass is 9.92. The highest BCUT2D eigenvalue weighted by atomic mass is 35.5. The first-order valence-corrected chi connectivity index (χ1v) is 20.4. The summed E-state index contributed by atoms with van der Waals surface area (Å²) < 4.78 is 26.8. The molecule has 0 saturated carbocycles. The quantitative estimate of drug-likeness (QED) is 0.115. The van der Waals surface area contributed by atoms with E-state index in [1.165, 1.54) is 13.8 Å². The molecule has 0 radical (unpaired) electrons. The molecule has 1 aromatic heterocycles. The Labute approximate surface area is 377 Å². The molecular weight excluding hydrogens is 868 g/mol.